The van der Waals surface area contributed by atoms with Crippen LogP contribution in [0.1, 0.15) is 51.6 Å². The van der Waals surface area contributed by atoms with Gasteiger partial charge in [-0.3, -0.25) is 4.40 Å². The van der Waals surface area contributed by atoms with Gasteiger partial charge in [-0.05, 0) is 68.1 Å². The minimum Gasteiger partial charge on any atom is -0.496 e. The maximum atomic E-state index is 12.1. The van der Waals surface area contributed by atoms with Gasteiger partial charge in [0, 0.05) is 41.7 Å². The number of ether oxygens (including phenoxy) is 3. The molecule has 2 unspecified atom stereocenters. The second-order valence-electron chi connectivity index (χ2n) is 9.23. The Morgan fingerprint density at radius 3 is 2.61 bits per heavy atom. The summed E-state index contributed by atoms with van der Waals surface area (Å²) in [6.07, 6.45) is 6.23. The van der Waals surface area contributed by atoms with Crippen LogP contribution in [0.2, 0.25) is 0 Å². The number of hydrogen-bond donors (Lipinski definition) is 1. The third-order valence-corrected chi connectivity index (χ3v) is 6.29. The van der Waals surface area contributed by atoms with Crippen LogP contribution >= 0.6 is 15.9 Å². The number of fused-ring (bicyclic) bond motifs is 1. The van der Waals surface area contributed by atoms with E-state index in [1.165, 1.54) is 0 Å². The van der Waals surface area contributed by atoms with Crippen molar-refractivity contribution in [2.24, 2.45) is 0 Å². The van der Waals surface area contributed by atoms with Gasteiger partial charge in [0.2, 0.25) is 5.78 Å². The molecule has 2 heterocycles. The van der Waals surface area contributed by atoms with Gasteiger partial charge in [-0.25, -0.2) is 14.8 Å². The van der Waals surface area contributed by atoms with E-state index in [1.54, 1.807) is 14.2 Å². The summed E-state index contributed by atoms with van der Waals surface area (Å²) in [6, 6.07) is 5.88. The van der Waals surface area contributed by atoms with E-state index < -0.39 is 5.60 Å². The molecule has 0 spiro atoms. The van der Waals surface area contributed by atoms with Crippen LogP contribution in [0, 0.1) is 0 Å². The van der Waals surface area contributed by atoms with Crippen LogP contribution < -0.4 is 14.8 Å². The van der Waals surface area contributed by atoms with Crippen molar-refractivity contribution in [1.29, 1.82) is 0 Å². The zero-order valence-corrected chi connectivity index (χ0v) is 21.1. The molecule has 0 aliphatic heterocycles. The molecule has 1 fully saturated rings. The summed E-state index contributed by atoms with van der Waals surface area (Å²) in [5, 5.41) is 2.99. The van der Waals surface area contributed by atoms with Crippen molar-refractivity contribution in [2.45, 2.75) is 57.6 Å². The maximum absolute atomic E-state index is 12.1. The number of carbonyl (C=O) groups excluding carboxylic acids is 1. The van der Waals surface area contributed by atoms with Gasteiger partial charge in [0.15, 0.2) is 0 Å². The lowest BCUT2D eigenvalue weighted by molar-refractivity contribution is 0.0505. The summed E-state index contributed by atoms with van der Waals surface area (Å²) >= 11 is 3.54. The number of nitrogens with zero attached hydrogens (tertiary/aromatic N) is 3. The fourth-order valence-electron chi connectivity index (χ4n) is 4.16. The fourth-order valence-corrected chi connectivity index (χ4v) is 4.66. The number of imidazole rings is 1. The van der Waals surface area contributed by atoms with Gasteiger partial charge in [0.1, 0.15) is 17.1 Å². The van der Waals surface area contributed by atoms with Gasteiger partial charge in [-0.1, -0.05) is 0 Å². The highest BCUT2D eigenvalue weighted by Gasteiger charge is 2.29. The predicted molar refractivity (Wildman–Crippen MR) is 129 cm³/mol. The van der Waals surface area contributed by atoms with E-state index in [1.807, 2.05) is 55.8 Å². The Kier molecular flexibility index (Phi) is 6.52. The SMILES string of the molecule is COc1cc(OC)c(-c2cn3ccc(C4CCC(NC(=O)OC(C)(C)C)C4)nc3n2)cc1Br. The highest BCUT2D eigenvalue weighted by Crippen LogP contribution is 2.38. The molecule has 2 atom stereocenters. The van der Waals surface area contributed by atoms with E-state index in [9.17, 15) is 4.79 Å². The Bertz CT molecular complexity index is 1170. The number of carbonyl (C=O) groups is 1. The van der Waals surface area contributed by atoms with Gasteiger partial charge in [0.05, 0.1) is 24.4 Å². The molecule has 3 aromatic rings. The third-order valence-electron chi connectivity index (χ3n) is 5.67. The topological polar surface area (TPSA) is 87.0 Å². The van der Waals surface area contributed by atoms with E-state index in [2.05, 4.69) is 21.2 Å². The normalized spacial score (nSPS) is 18.4. The second kappa shape index (κ2) is 9.21. The molecule has 0 radical (unpaired) electrons. The number of hydrogen-bond acceptors (Lipinski definition) is 6. The van der Waals surface area contributed by atoms with Crippen molar-refractivity contribution >= 4 is 27.8 Å². The zero-order chi connectivity index (χ0) is 23.8. The van der Waals surface area contributed by atoms with Crippen LogP contribution in [-0.2, 0) is 4.74 Å². The van der Waals surface area contributed by atoms with Crippen molar-refractivity contribution in [3.8, 4) is 22.8 Å². The van der Waals surface area contributed by atoms with E-state index in [4.69, 9.17) is 24.2 Å². The van der Waals surface area contributed by atoms with Crippen LogP contribution in [-0.4, -0.2) is 46.3 Å². The number of halogens is 1. The molecule has 2 aromatic heterocycles. The van der Waals surface area contributed by atoms with Crippen LogP contribution in [0.15, 0.2) is 35.1 Å². The zero-order valence-electron chi connectivity index (χ0n) is 19.5. The first kappa shape index (κ1) is 23.4. The number of rotatable bonds is 5. The lowest BCUT2D eigenvalue weighted by Gasteiger charge is -2.21. The Labute approximate surface area is 201 Å². The van der Waals surface area contributed by atoms with Gasteiger partial charge >= 0.3 is 6.09 Å². The van der Waals surface area contributed by atoms with Crippen LogP contribution in [0.3, 0.4) is 0 Å². The quantitative estimate of drug-likeness (QED) is 0.492. The first-order valence-electron chi connectivity index (χ1n) is 10.9. The summed E-state index contributed by atoms with van der Waals surface area (Å²) in [5.74, 6) is 2.25. The standard InChI is InChI=1S/C24H29BrN4O4/c1-24(2,3)33-23(30)26-15-7-6-14(10-15)18-8-9-29-13-19(28-22(29)27-18)16-11-17(25)21(32-5)12-20(16)31-4/h8-9,11-15H,6-7,10H2,1-5H3,(H,26,30). The van der Waals surface area contributed by atoms with E-state index in [0.29, 0.717) is 17.3 Å². The van der Waals surface area contributed by atoms with Crippen LogP contribution in [0.4, 0.5) is 4.79 Å². The number of benzene rings is 1. The van der Waals surface area contributed by atoms with Crippen molar-refractivity contribution in [1.82, 2.24) is 19.7 Å². The summed E-state index contributed by atoms with van der Waals surface area (Å²) in [6.45, 7) is 5.59. The monoisotopic (exact) mass is 516 g/mol. The molecule has 1 saturated carbocycles. The number of aromatic nitrogens is 3. The van der Waals surface area contributed by atoms with Crippen molar-refractivity contribution in [3.05, 3.63) is 40.8 Å². The maximum Gasteiger partial charge on any atom is 0.407 e. The Morgan fingerprint density at radius 2 is 1.91 bits per heavy atom. The predicted octanol–water partition coefficient (Wildman–Crippen LogP) is 5.34. The molecular weight excluding hydrogens is 488 g/mol. The van der Waals surface area contributed by atoms with Gasteiger partial charge in [-0.2, -0.15) is 0 Å². The number of methoxy groups -OCH3 is 2. The number of amides is 1. The summed E-state index contributed by atoms with van der Waals surface area (Å²) in [4.78, 5) is 21.7. The first-order valence-corrected chi connectivity index (χ1v) is 11.7. The van der Waals surface area contributed by atoms with E-state index in [0.717, 1.165) is 40.7 Å². The fraction of sp³-hybridized carbons (Fsp3) is 0.458. The molecule has 4 rings (SSSR count). The smallest absolute Gasteiger partial charge is 0.407 e. The average molecular weight is 517 g/mol. The second-order valence-corrected chi connectivity index (χ2v) is 10.1. The third kappa shape index (κ3) is 5.24. The minimum atomic E-state index is -0.505. The highest BCUT2D eigenvalue weighted by molar-refractivity contribution is 9.10. The molecule has 0 bridgehead atoms. The average Bonchev–Trinajstić information content (AvgIpc) is 3.38. The molecular formula is C24H29BrN4O4. The Morgan fingerprint density at radius 1 is 1.15 bits per heavy atom. The summed E-state index contributed by atoms with van der Waals surface area (Å²) in [7, 11) is 3.24. The molecule has 8 nitrogen and oxygen atoms in total. The molecule has 33 heavy (non-hydrogen) atoms. The number of alkyl carbamates (subject to hydrolysis) is 1. The lowest BCUT2D eigenvalue weighted by atomic mass is 10.0. The largest absolute Gasteiger partial charge is 0.496 e. The van der Waals surface area contributed by atoms with E-state index >= 15 is 0 Å². The van der Waals surface area contributed by atoms with Crippen molar-refractivity contribution < 1.29 is 19.0 Å². The molecule has 9 heteroatoms. The highest BCUT2D eigenvalue weighted by atomic mass is 79.9. The first-order chi connectivity index (χ1) is 15.7. The van der Waals surface area contributed by atoms with Crippen molar-refractivity contribution in [2.75, 3.05) is 14.2 Å². The lowest BCUT2D eigenvalue weighted by Crippen LogP contribution is -2.37. The Balaban J connectivity index is 1.53. The molecule has 1 amide bonds. The van der Waals surface area contributed by atoms with Gasteiger partial charge < -0.3 is 19.5 Å². The molecule has 1 aliphatic carbocycles. The Hall–Kier alpha value is -2.81. The number of nitrogens with one attached hydrogen (secondary N) is 1. The van der Waals surface area contributed by atoms with Gasteiger partial charge in [0.25, 0.3) is 0 Å². The molecule has 1 aliphatic rings. The summed E-state index contributed by atoms with van der Waals surface area (Å²) < 4.78 is 19.0. The minimum absolute atomic E-state index is 0.0825. The molecule has 176 valence electrons. The molecule has 0 saturated heterocycles. The summed E-state index contributed by atoms with van der Waals surface area (Å²) in [5.41, 5.74) is 2.08. The van der Waals surface area contributed by atoms with E-state index in [-0.39, 0.29) is 18.1 Å². The van der Waals surface area contributed by atoms with Crippen LogP contribution in [0.5, 0.6) is 11.5 Å². The van der Waals surface area contributed by atoms with Crippen molar-refractivity contribution in [3.63, 3.8) is 0 Å². The van der Waals surface area contributed by atoms with Crippen LogP contribution in [0.25, 0.3) is 17.0 Å². The molecule has 1 N–H and O–H groups in total. The van der Waals surface area contributed by atoms with Gasteiger partial charge in [-0.15, -0.1) is 0 Å². The molecule has 1 aromatic carbocycles.